The van der Waals surface area contributed by atoms with Crippen LogP contribution in [0.5, 0.6) is 0 Å². The number of carbonyl (C=O) groups is 1. The van der Waals surface area contributed by atoms with E-state index in [1.807, 2.05) is 0 Å². The second-order valence-electron chi connectivity index (χ2n) is 1.30. The van der Waals surface area contributed by atoms with Crippen LogP contribution in [-0.4, -0.2) is 17.7 Å². The molecular weight excluding hydrogens is 108 g/mol. The van der Waals surface area contributed by atoms with Gasteiger partial charge in [-0.1, -0.05) is 0 Å². The van der Waals surface area contributed by atoms with E-state index in [9.17, 15) is 4.79 Å². The lowest BCUT2D eigenvalue weighted by atomic mass is 10.6. The maximum absolute atomic E-state index is 10.3. The predicted octanol–water partition coefficient (Wildman–Crippen LogP) is -1.59. The van der Waals surface area contributed by atoms with Gasteiger partial charge >= 0.3 is 0 Å². The third kappa shape index (κ3) is 0.534. The molecule has 1 rings (SSSR count). The van der Waals surface area contributed by atoms with E-state index in [1.54, 1.807) is 0 Å². The van der Waals surface area contributed by atoms with Crippen LogP contribution >= 0.6 is 0 Å². The molecule has 0 aliphatic carbocycles. The number of nitrogens with two attached hydrogens (primary N) is 1. The van der Waals surface area contributed by atoms with Gasteiger partial charge in [-0.25, -0.2) is 0 Å². The Balaban J connectivity index is 2.85. The molecule has 42 valence electrons. The number of nitrogens with one attached hydrogen (secondary N) is 2. The Morgan fingerprint density at radius 2 is 2.38 bits per heavy atom. The SMILES string of the molecule is N=C1N=C(N)NC1=O. The van der Waals surface area contributed by atoms with Crippen molar-refractivity contribution in [2.24, 2.45) is 10.7 Å². The average molecular weight is 112 g/mol. The van der Waals surface area contributed by atoms with Gasteiger partial charge in [0.05, 0.1) is 0 Å². The van der Waals surface area contributed by atoms with Gasteiger partial charge in [0.2, 0.25) is 11.8 Å². The fraction of sp³-hybridized carbons (Fsp3) is 0. The molecule has 1 aliphatic rings. The smallest absolute Gasteiger partial charge is 0.295 e. The first kappa shape index (κ1) is 4.76. The minimum atomic E-state index is -0.539. The summed E-state index contributed by atoms with van der Waals surface area (Å²) < 4.78 is 0. The number of hydrogen-bond acceptors (Lipinski definition) is 3. The van der Waals surface area contributed by atoms with Crippen LogP contribution in [0.4, 0.5) is 0 Å². The molecule has 8 heavy (non-hydrogen) atoms. The van der Waals surface area contributed by atoms with Gasteiger partial charge in [-0.05, 0) is 0 Å². The van der Waals surface area contributed by atoms with Gasteiger partial charge in [0.25, 0.3) is 5.91 Å². The first-order chi connectivity index (χ1) is 3.70. The number of carbonyl (C=O) groups excluding carboxylic acids is 1. The van der Waals surface area contributed by atoms with Crippen molar-refractivity contribution in [3.8, 4) is 0 Å². The molecule has 0 radical (unpaired) electrons. The predicted molar refractivity (Wildman–Crippen MR) is 27.5 cm³/mol. The van der Waals surface area contributed by atoms with Crippen molar-refractivity contribution in [1.29, 1.82) is 5.41 Å². The van der Waals surface area contributed by atoms with Gasteiger partial charge in [0, 0.05) is 0 Å². The van der Waals surface area contributed by atoms with Gasteiger partial charge in [0.15, 0.2) is 0 Å². The summed E-state index contributed by atoms with van der Waals surface area (Å²) in [6, 6.07) is 0. The monoisotopic (exact) mass is 112 g/mol. The maximum Gasteiger partial charge on any atom is 0.295 e. The third-order valence-corrected chi connectivity index (χ3v) is 0.689. The van der Waals surface area contributed by atoms with Gasteiger partial charge < -0.3 is 5.73 Å². The summed E-state index contributed by atoms with van der Waals surface area (Å²) in [7, 11) is 0. The Hall–Kier alpha value is -1.39. The number of amides is 1. The number of aliphatic imine (C=N–C) groups is 1. The van der Waals surface area contributed by atoms with E-state index in [-0.39, 0.29) is 11.8 Å². The molecule has 1 aliphatic heterocycles. The molecule has 0 spiro atoms. The van der Waals surface area contributed by atoms with Crippen LogP contribution in [-0.2, 0) is 4.79 Å². The minimum absolute atomic E-state index is 0.000000000000000222. The van der Waals surface area contributed by atoms with Gasteiger partial charge in [-0.3, -0.25) is 15.5 Å². The Labute approximate surface area is 45.1 Å². The molecule has 5 heteroatoms. The number of rotatable bonds is 0. The summed E-state index contributed by atoms with van der Waals surface area (Å²) in [5, 5.41) is 8.84. The van der Waals surface area contributed by atoms with E-state index >= 15 is 0 Å². The summed E-state index contributed by atoms with van der Waals surface area (Å²) in [5.74, 6) is -0.870. The number of guanidine groups is 1. The van der Waals surface area contributed by atoms with Gasteiger partial charge in [-0.2, -0.15) is 4.99 Å². The molecule has 1 heterocycles. The normalized spacial score (nSPS) is 18.2. The van der Waals surface area contributed by atoms with E-state index < -0.39 is 5.91 Å². The summed E-state index contributed by atoms with van der Waals surface area (Å²) in [6.45, 7) is 0. The first-order valence-electron chi connectivity index (χ1n) is 1.94. The van der Waals surface area contributed by atoms with Crippen molar-refractivity contribution in [2.75, 3.05) is 0 Å². The molecule has 0 atom stereocenters. The number of hydrogen-bond donors (Lipinski definition) is 3. The zero-order valence-electron chi connectivity index (χ0n) is 3.93. The van der Waals surface area contributed by atoms with Crippen LogP contribution in [0.2, 0.25) is 0 Å². The summed E-state index contributed by atoms with van der Waals surface area (Å²) in [6.07, 6.45) is 0. The third-order valence-electron chi connectivity index (χ3n) is 0.689. The second kappa shape index (κ2) is 1.29. The summed E-state index contributed by atoms with van der Waals surface area (Å²) in [5.41, 5.74) is 4.99. The van der Waals surface area contributed by atoms with Crippen molar-refractivity contribution >= 4 is 17.7 Å². The van der Waals surface area contributed by atoms with Crippen LogP contribution in [0.3, 0.4) is 0 Å². The first-order valence-corrected chi connectivity index (χ1v) is 1.94. The molecule has 0 aromatic rings. The topological polar surface area (TPSA) is 91.3 Å². The Bertz CT molecular complexity index is 182. The highest BCUT2D eigenvalue weighted by Crippen LogP contribution is 1.83. The molecule has 5 nitrogen and oxygen atoms in total. The van der Waals surface area contributed by atoms with Gasteiger partial charge in [-0.15, -0.1) is 0 Å². The lowest BCUT2D eigenvalue weighted by Crippen LogP contribution is -2.31. The fourth-order valence-corrected chi connectivity index (χ4v) is 0.375. The van der Waals surface area contributed by atoms with Crippen molar-refractivity contribution in [1.82, 2.24) is 5.32 Å². The quantitative estimate of drug-likeness (QED) is 0.352. The Morgan fingerprint density at radius 1 is 1.75 bits per heavy atom. The average Bonchev–Trinajstić information content (AvgIpc) is 1.85. The van der Waals surface area contributed by atoms with Crippen molar-refractivity contribution in [3.63, 3.8) is 0 Å². The highest BCUT2D eigenvalue weighted by molar-refractivity contribution is 6.44. The van der Waals surface area contributed by atoms with Crippen LogP contribution in [0, 0.1) is 5.41 Å². The zero-order chi connectivity index (χ0) is 6.15. The standard InChI is InChI=1S/C3H4N4O/c4-1-2(8)7-3(5)6-1/h(H4,4,5,6,7,8). The number of amidine groups is 1. The number of nitrogens with zero attached hydrogens (tertiary/aromatic N) is 1. The molecule has 0 fully saturated rings. The molecule has 0 unspecified atom stereocenters. The highest BCUT2D eigenvalue weighted by atomic mass is 16.2. The Kier molecular flexibility index (Phi) is 0.768. The minimum Gasteiger partial charge on any atom is -0.369 e. The maximum atomic E-state index is 10.3. The molecule has 4 N–H and O–H groups in total. The van der Waals surface area contributed by atoms with Crippen molar-refractivity contribution in [2.45, 2.75) is 0 Å². The summed E-state index contributed by atoms with van der Waals surface area (Å²) in [4.78, 5) is 13.5. The van der Waals surface area contributed by atoms with E-state index in [0.29, 0.717) is 0 Å². The van der Waals surface area contributed by atoms with Crippen molar-refractivity contribution < 1.29 is 4.79 Å². The zero-order valence-corrected chi connectivity index (χ0v) is 3.93. The molecule has 1 amide bonds. The molecule has 0 saturated heterocycles. The van der Waals surface area contributed by atoms with Crippen LogP contribution in [0.1, 0.15) is 0 Å². The van der Waals surface area contributed by atoms with E-state index in [2.05, 4.69) is 10.3 Å². The van der Waals surface area contributed by atoms with E-state index in [1.165, 1.54) is 0 Å². The highest BCUT2D eigenvalue weighted by Gasteiger charge is 2.16. The van der Waals surface area contributed by atoms with E-state index in [4.69, 9.17) is 11.1 Å². The van der Waals surface area contributed by atoms with Gasteiger partial charge in [0.1, 0.15) is 0 Å². The summed E-state index contributed by atoms with van der Waals surface area (Å²) >= 11 is 0. The Morgan fingerprint density at radius 3 is 2.50 bits per heavy atom. The second-order valence-corrected chi connectivity index (χ2v) is 1.30. The molecular formula is C3H4N4O. The fourth-order valence-electron chi connectivity index (χ4n) is 0.375. The van der Waals surface area contributed by atoms with Crippen LogP contribution in [0.15, 0.2) is 4.99 Å². The molecule has 0 bridgehead atoms. The van der Waals surface area contributed by atoms with Crippen molar-refractivity contribution in [3.05, 3.63) is 0 Å². The molecule has 0 saturated carbocycles. The lowest BCUT2D eigenvalue weighted by molar-refractivity contribution is -0.113. The van der Waals surface area contributed by atoms with Crippen LogP contribution < -0.4 is 11.1 Å². The largest absolute Gasteiger partial charge is 0.369 e. The van der Waals surface area contributed by atoms with Crippen LogP contribution in [0.25, 0.3) is 0 Å². The van der Waals surface area contributed by atoms with E-state index in [0.717, 1.165) is 0 Å². The molecule has 0 aromatic carbocycles. The molecule has 0 aromatic heterocycles. The lowest BCUT2D eigenvalue weighted by Gasteiger charge is -1.84.